The fourth-order valence-electron chi connectivity index (χ4n) is 9.87. The van der Waals surface area contributed by atoms with Crippen LogP contribution in [0.5, 0.6) is 0 Å². The lowest BCUT2D eigenvalue weighted by Crippen LogP contribution is -2.65. The van der Waals surface area contributed by atoms with Gasteiger partial charge in [0.1, 0.15) is 13.2 Å². The van der Waals surface area contributed by atoms with E-state index in [4.69, 9.17) is 9.47 Å². The van der Waals surface area contributed by atoms with Crippen LogP contribution in [-0.4, -0.2) is 124 Å². The molecule has 4 aromatic rings. The number of carbonyl (C=O) groups is 2. The Bertz CT molecular complexity index is 1810. The summed E-state index contributed by atoms with van der Waals surface area (Å²) in [7, 11) is 12.7. The summed E-state index contributed by atoms with van der Waals surface area (Å²) in [6.45, 7) is 3.18. The van der Waals surface area contributed by atoms with Gasteiger partial charge in [0.05, 0.1) is 22.9 Å². The van der Waals surface area contributed by atoms with Crippen molar-refractivity contribution < 1.29 is 19.1 Å². The second-order valence-electron chi connectivity index (χ2n) is 15.4. The van der Waals surface area contributed by atoms with Gasteiger partial charge in [-0.25, -0.2) is 9.59 Å². The van der Waals surface area contributed by atoms with E-state index in [1.54, 1.807) is 0 Å². The molecule has 0 saturated carbocycles. The molecule has 2 amide bonds. The molecule has 4 unspecified atom stereocenters. The Balaban J connectivity index is 1.44. The number of hydrogen-bond donors (Lipinski definition) is 4. The van der Waals surface area contributed by atoms with Gasteiger partial charge in [-0.15, -0.1) is 0 Å². The van der Waals surface area contributed by atoms with Gasteiger partial charge in [0.25, 0.3) is 0 Å². The van der Waals surface area contributed by atoms with Crippen LogP contribution < -0.4 is 10.6 Å². The van der Waals surface area contributed by atoms with E-state index in [9.17, 15) is 9.59 Å². The van der Waals surface area contributed by atoms with Crippen molar-refractivity contribution in [3.8, 4) is 0 Å². The number of nitrogens with zero attached hydrogens (tertiary/aromatic N) is 3. The molecule has 11 nitrogen and oxygen atoms in total. The minimum absolute atomic E-state index is 0.141. The highest BCUT2D eigenvalue weighted by Crippen LogP contribution is 2.62. The van der Waals surface area contributed by atoms with E-state index < -0.39 is 23.0 Å². The summed E-state index contributed by atoms with van der Waals surface area (Å²) in [6.07, 6.45) is 2.68. The Morgan fingerprint density at radius 2 is 1.14 bits per heavy atom. The van der Waals surface area contributed by atoms with Gasteiger partial charge in [0.15, 0.2) is 0 Å². The van der Waals surface area contributed by atoms with Gasteiger partial charge in [0, 0.05) is 46.3 Å². The lowest BCUT2D eigenvalue weighted by Gasteiger charge is -2.56. The summed E-state index contributed by atoms with van der Waals surface area (Å²) in [5.74, 6) is -0.141. The van der Waals surface area contributed by atoms with Crippen LogP contribution in [0.15, 0.2) is 36.4 Å². The second kappa shape index (κ2) is 11.8. The predicted molar refractivity (Wildman–Crippen MR) is 190 cm³/mol. The average Bonchev–Trinajstić information content (AvgIpc) is 3.78. The molecule has 2 aliphatic heterocycles. The van der Waals surface area contributed by atoms with E-state index in [-0.39, 0.29) is 31.2 Å². The van der Waals surface area contributed by atoms with Crippen LogP contribution in [0, 0.1) is 5.92 Å². The van der Waals surface area contributed by atoms with Crippen molar-refractivity contribution in [2.75, 3.05) is 75.1 Å². The molecule has 11 heteroatoms. The molecule has 2 aliphatic carbocycles. The van der Waals surface area contributed by atoms with Crippen LogP contribution in [0.1, 0.15) is 46.5 Å². The Morgan fingerprint density at radius 3 is 1.53 bits per heavy atom. The van der Waals surface area contributed by atoms with Crippen LogP contribution >= 0.6 is 0 Å². The number of aromatic amines is 2. The number of aromatic nitrogens is 2. The van der Waals surface area contributed by atoms with Gasteiger partial charge in [-0.2, -0.15) is 0 Å². The molecule has 2 aromatic heterocycles. The maximum absolute atomic E-state index is 13.1. The molecule has 0 radical (unpaired) electrons. The number of likely N-dealkylation sites (N-methyl/N-ethyl adjacent to an activating group) is 2. The Labute approximate surface area is 287 Å². The van der Waals surface area contributed by atoms with Crippen LogP contribution in [-0.2, 0) is 33.1 Å². The summed E-state index contributed by atoms with van der Waals surface area (Å²) < 4.78 is 11.6. The van der Waals surface area contributed by atoms with Gasteiger partial charge in [-0.3, -0.25) is 0 Å². The Kier molecular flexibility index (Phi) is 7.73. The zero-order valence-electron chi connectivity index (χ0n) is 29.5. The van der Waals surface area contributed by atoms with Gasteiger partial charge < -0.3 is 44.8 Å². The zero-order chi connectivity index (χ0) is 34.2. The standard InChI is InChI=1S/C38H49N7O4/c1-43(2)15-7-8-30(37(31-20-48-35(46)41-31)22-9-11-28-26(18-22)24(33(37)39-28)13-16-44(3)4)38(32-21-49-36(47)42-32)23-10-12-29-27(19-23)25(34(38)40-29)14-17-45(5)6/h9-12,18-19,30-32,39-40H,7-8,13-17,20-21H2,1-6H3,(H,41,46)(H,42,47). The molecular weight excluding hydrogens is 618 g/mol. The average molecular weight is 668 g/mol. The van der Waals surface area contributed by atoms with E-state index in [2.05, 4.69) is 114 Å². The van der Waals surface area contributed by atoms with Crippen molar-refractivity contribution in [3.63, 3.8) is 0 Å². The second-order valence-corrected chi connectivity index (χ2v) is 15.4. The number of alkyl carbamates (subject to hydrolysis) is 2. The molecule has 49 heavy (non-hydrogen) atoms. The summed E-state index contributed by atoms with van der Waals surface area (Å²) in [5, 5.41) is 9.15. The smallest absolute Gasteiger partial charge is 0.407 e. The molecule has 4 N–H and O–H groups in total. The molecule has 6 bridgehead atoms. The number of H-pyrrole nitrogens is 2. The topological polar surface area (TPSA) is 118 Å². The molecule has 2 saturated heterocycles. The third kappa shape index (κ3) is 4.72. The highest BCUT2D eigenvalue weighted by molar-refractivity contribution is 5.92. The lowest BCUT2D eigenvalue weighted by molar-refractivity contribution is 0.104. The van der Waals surface area contributed by atoms with Crippen LogP contribution in [0.4, 0.5) is 9.59 Å². The van der Waals surface area contributed by atoms with Crippen LogP contribution in [0.2, 0.25) is 0 Å². The van der Waals surface area contributed by atoms with Crippen molar-refractivity contribution in [3.05, 3.63) is 70.0 Å². The van der Waals surface area contributed by atoms with Crippen molar-refractivity contribution in [2.24, 2.45) is 5.92 Å². The maximum atomic E-state index is 13.1. The maximum Gasteiger partial charge on any atom is 0.407 e. The zero-order valence-corrected chi connectivity index (χ0v) is 29.5. The number of ether oxygens (including phenoxy) is 2. The van der Waals surface area contributed by atoms with Crippen molar-refractivity contribution in [1.82, 2.24) is 35.3 Å². The van der Waals surface area contributed by atoms with Crippen molar-refractivity contribution >= 4 is 34.0 Å². The molecule has 4 aliphatic rings. The molecule has 4 atom stereocenters. The van der Waals surface area contributed by atoms with Crippen LogP contribution in [0.3, 0.4) is 0 Å². The molecule has 4 heterocycles. The number of carbonyl (C=O) groups excluding carboxylic acids is 2. The molecule has 0 spiro atoms. The van der Waals surface area contributed by atoms with E-state index >= 15 is 0 Å². The van der Waals surface area contributed by atoms with E-state index in [1.807, 2.05) is 0 Å². The number of cyclic esters (lactones) is 2. The third-order valence-electron chi connectivity index (χ3n) is 11.9. The van der Waals surface area contributed by atoms with E-state index in [0.717, 1.165) is 67.7 Å². The first kappa shape index (κ1) is 32.2. The fourth-order valence-corrected chi connectivity index (χ4v) is 9.87. The predicted octanol–water partition coefficient (Wildman–Crippen LogP) is 3.93. The van der Waals surface area contributed by atoms with Gasteiger partial charge >= 0.3 is 12.2 Å². The molecule has 2 aromatic carbocycles. The fraction of sp³-hybridized carbons (Fsp3) is 0.526. The monoisotopic (exact) mass is 667 g/mol. The highest BCUT2D eigenvalue weighted by atomic mass is 16.6. The van der Waals surface area contributed by atoms with Gasteiger partial charge in [-0.05, 0) is 127 Å². The van der Waals surface area contributed by atoms with Crippen LogP contribution in [0.25, 0.3) is 21.8 Å². The quantitative estimate of drug-likeness (QED) is 0.161. The number of fused-ring (bicyclic) bond motifs is 4. The van der Waals surface area contributed by atoms with Crippen molar-refractivity contribution in [2.45, 2.75) is 48.6 Å². The number of nitrogens with one attached hydrogen (secondary N) is 4. The van der Waals surface area contributed by atoms with Crippen molar-refractivity contribution in [1.29, 1.82) is 0 Å². The number of rotatable bonds is 14. The summed E-state index contributed by atoms with van der Waals surface area (Å²) in [5.41, 5.74) is 8.04. The Morgan fingerprint density at radius 1 is 0.694 bits per heavy atom. The third-order valence-corrected chi connectivity index (χ3v) is 11.9. The first-order chi connectivity index (χ1) is 23.5. The van der Waals surface area contributed by atoms with Gasteiger partial charge in [-0.1, -0.05) is 12.1 Å². The number of benzene rings is 2. The molecular formula is C38H49N7O4. The number of hydrogen-bond acceptors (Lipinski definition) is 7. The highest BCUT2D eigenvalue weighted by Gasteiger charge is 2.65. The number of amides is 2. The Hall–Kier alpha value is -4.06. The SMILES string of the molecule is CN(C)CCCC(C1(C2COC(=O)N2)c2ccc3[nH]c1c(CCN(C)C)c3c2)C1(C2COC(=O)N2)c2ccc3[nH]c1c(CCN(C)C)c3c2. The lowest BCUT2D eigenvalue weighted by atomic mass is 9.47. The molecule has 260 valence electrons. The van der Waals surface area contributed by atoms with E-state index in [1.165, 1.54) is 33.0 Å². The summed E-state index contributed by atoms with van der Waals surface area (Å²) in [4.78, 5) is 40.8. The normalized spacial score (nSPS) is 25.9. The minimum Gasteiger partial charge on any atom is -0.447 e. The first-order valence-electron chi connectivity index (χ1n) is 17.7. The summed E-state index contributed by atoms with van der Waals surface area (Å²) in [6, 6.07) is 13.0. The van der Waals surface area contributed by atoms with Gasteiger partial charge in [0.2, 0.25) is 0 Å². The first-order valence-corrected chi connectivity index (χ1v) is 17.7. The summed E-state index contributed by atoms with van der Waals surface area (Å²) >= 11 is 0. The van der Waals surface area contributed by atoms with E-state index in [0.29, 0.717) is 0 Å². The molecule has 8 rings (SSSR count). The minimum atomic E-state index is -0.718. The largest absolute Gasteiger partial charge is 0.447 e. The molecule has 2 fully saturated rings.